The van der Waals surface area contributed by atoms with Gasteiger partial charge >= 0.3 is 0 Å². The van der Waals surface area contributed by atoms with Gasteiger partial charge in [0.25, 0.3) is 5.56 Å². The van der Waals surface area contributed by atoms with Crippen molar-refractivity contribution in [2.24, 2.45) is 0 Å². The fourth-order valence-electron chi connectivity index (χ4n) is 3.50. The molecule has 32 heavy (non-hydrogen) atoms. The van der Waals surface area contributed by atoms with Crippen LogP contribution in [0, 0.1) is 12.7 Å². The second-order valence-corrected chi connectivity index (χ2v) is 8.57. The van der Waals surface area contributed by atoms with Gasteiger partial charge in [0.05, 0.1) is 0 Å². The van der Waals surface area contributed by atoms with Gasteiger partial charge in [-0.1, -0.05) is 48.2 Å². The van der Waals surface area contributed by atoms with E-state index >= 15 is 0 Å². The Labute approximate surface area is 190 Å². The lowest BCUT2D eigenvalue weighted by molar-refractivity contribution is 0.595. The number of aromatic nitrogens is 4. The van der Waals surface area contributed by atoms with Crippen molar-refractivity contribution in [3.63, 3.8) is 0 Å². The fraction of sp³-hybridized carbons (Fsp3) is 0.200. The van der Waals surface area contributed by atoms with E-state index in [1.807, 2.05) is 42.0 Å². The van der Waals surface area contributed by atoms with Crippen LogP contribution in [0.25, 0.3) is 0 Å². The number of hydrogen-bond donors (Lipinski definition) is 0. The summed E-state index contributed by atoms with van der Waals surface area (Å²) in [5.41, 5.74) is 4.14. The third-order valence-corrected chi connectivity index (χ3v) is 6.05. The van der Waals surface area contributed by atoms with Gasteiger partial charge in [-0.2, -0.15) is 4.98 Å². The van der Waals surface area contributed by atoms with Crippen molar-refractivity contribution in [2.45, 2.75) is 37.2 Å². The van der Waals surface area contributed by atoms with Crippen LogP contribution in [-0.4, -0.2) is 19.5 Å². The Kier molecular flexibility index (Phi) is 7.07. The first-order chi connectivity index (χ1) is 15.6. The second kappa shape index (κ2) is 10.3. The summed E-state index contributed by atoms with van der Waals surface area (Å²) in [7, 11) is 0. The van der Waals surface area contributed by atoms with Crippen LogP contribution < -0.4 is 5.56 Å². The van der Waals surface area contributed by atoms with Crippen LogP contribution in [0.2, 0.25) is 0 Å². The number of rotatable bonds is 8. The highest BCUT2D eigenvalue weighted by molar-refractivity contribution is 7.98. The predicted octanol–water partition coefficient (Wildman–Crippen LogP) is 4.61. The van der Waals surface area contributed by atoms with E-state index in [-0.39, 0.29) is 11.4 Å². The summed E-state index contributed by atoms with van der Waals surface area (Å²) in [6.45, 7) is 2.55. The lowest BCUT2D eigenvalue weighted by Crippen LogP contribution is -2.20. The van der Waals surface area contributed by atoms with Crippen molar-refractivity contribution >= 4 is 11.8 Å². The molecule has 0 aliphatic rings. The molecule has 0 radical (unpaired) electrons. The first-order valence-electron chi connectivity index (χ1n) is 10.3. The van der Waals surface area contributed by atoms with E-state index in [0.29, 0.717) is 29.4 Å². The molecule has 0 saturated heterocycles. The maximum absolute atomic E-state index is 13.8. The Morgan fingerprint density at radius 2 is 1.78 bits per heavy atom. The van der Waals surface area contributed by atoms with Crippen LogP contribution in [0.15, 0.2) is 83.4 Å². The number of halogens is 1. The molecule has 0 atom stereocenters. The number of benzene rings is 2. The van der Waals surface area contributed by atoms with Crippen molar-refractivity contribution in [1.29, 1.82) is 0 Å². The molecule has 0 aliphatic heterocycles. The molecule has 0 spiro atoms. The van der Waals surface area contributed by atoms with Crippen LogP contribution in [0.1, 0.15) is 27.8 Å². The molecule has 7 heteroatoms. The van der Waals surface area contributed by atoms with E-state index in [0.717, 1.165) is 23.1 Å². The zero-order valence-electron chi connectivity index (χ0n) is 17.7. The van der Waals surface area contributed by atoms with Gasteiger partial charge in [0.2, 0.25) is 0 Å². The number of thioether (sulfide) groups is 1. The molecule has 0 amide bonds. The van der Waals surface area contributed by atoms with Crippen LogP contribution in [0.3, 0.4) is 0 Å². The number of aryl methyl sites for hydroxylation is 3. The maximum atomic E-state index is 13.8. The minimum Gasteiger partial charge on any atom is -0.327 e. The van der Waals surface area contributed by atoms with E-state index < -0.39 is 0 Å². The van der Waals surface area contributed by atoms with Crippen LogP contribution >= 0.6 is 11.8 Å². The summed E-state index contributed by atoms with van der Waals surface area (Å²) >= 11 is 1.44. The first-order valence-corrected chi connectivity index (χ1v) is 11.3. The third-order valence-electron chi connectivity index (χ3n) is 4.99. The molecule has 4 aromatic rings. The molecule has 2 aromatic carbocycles. The van der Waals surface area contributed by atoms with E-state index in [1.165, 1.54) is 35.8 Å². The topological polar surface area (TPSA) is 60.7 Å². The molecule has 0 saturated carbocycles. The average molecular weight is 447 g/mol. The van der Waals surface area contributed by atoms with E-state index in [1.54, 1.807) is 12.4 Å². The fourth-order valence-corrected chi connectivity index (χ4v) is 4.42. The van der Waals surface area contributed by atoms with Gasteiger partial charge in [-0.05, 0) is 47.7 Å². The van der Waals surface area contributed by atoms with Gasteiger partial charge in [-0.3, -0.25) is 4.79 Å². The van der Waals surface area contributed by atoms with Crippen LogP contribution in [-0.2, 0) is 25.1 Å². The van der Waals surface area contributed by atoms with Gasteiger partial charge in [-0.25, -0.2) is 14.4 Å². The van der Waals surface area contributed by atoms with Crippen molar-refractivity contribution in [2.75, 3.05) is 0 Å². The molecule has 0 aliphatic carbocycles. The Bertz CT molecular complexity index is 1230. The molecule has 2 aromatic heterocycles. The van der Waals surface area contributed by atoms with Gasteiger partial charge in [-0.15, -0.1) is 0 Å². The Morgan fingerprint density at radius 1 is 1.00 bits per heavy atom. The molecule has 5 nitrogen and oxygen atoms in total. The average Bonchev–Trinajstić information content (AvgIpc) is 2.79. The van der Waals surface area contributed by atoms with Crippen molar-refractivity contribution in [3.8, 4) is 0 Å². The largest absolute Gasteiger partial charge is 0.327 e. The standard InChI is InChI=1S/C25H23FN4OS/c1-18-9-20(12-23(26)10-18)16-32-25-29-24(31)22(11-21-13-27-17-28-14-21)15-30(25)8-7-19-5-3-2-4-6-19/h2-6,9-10,12-15,17H,7-8,11,16H2,1H3. The Hall–Kier alpha value is -3.32. The molecule has 0 bridgehead atoms. The zero-order valence-corrected chi connectivity index (χ0v) is 18.6. The molecule has 162 valence electrons. The van der Waals surface area contributed by atoms with Gasteiger partial charge < -0.3 is 4.57 Å². The smallest absolute Gasteiger partial charge is 0.277 e. The minimum absolute atomic E-state index is 0.254. The number of hydrogen-bond acceptors (Lipinski definition) is 5. The zero-order chi connectivity index (χ0) is 22.3. The molecule has 0 unspecified atom stereocenters. The van der Waals surface area contributed by atoms with Gasteiger partial charge in [0.15, 0.2) is 5.16 Å². The summed E-state index contributed by atoms with van der Waals surface area (Å²) in [6.07, 6.45) is 7.99. The highest BCUT2D eigenvalue weighted by Crippen LogP contribution is 2.22. The van der Waals surface area contributed by atoms with E-state index in [9.17, 15) is 9.18 Å². The monoisotopic (exact) mass is 446 g/mol. The van der Waals surface area contributed by atoms with E-state index in [2.05, 4.69) is 27.1 Å². The first kappa shape index (κ1) is 21.9. The normalized spacial score (nSPS) is 10.9. The molecule has 2 heterocycles. The second-order valence-electron chi connectivity index (χ2n) is 7.63. The summed E-state index contributed by atoms with van der Waals surface area (Å²) in [5.74, 6) is 0.276. The molecule has 4 rings (SSSR count). The van der Waals surface area contributed by atoms with Crippen LogP contribution in [0.5, 0.6) is 0 Å². The Morgan fingerprint density at radius 3 is 2.53 bits per heavy atom. The molecule has 0 N–H and O–H groups in total. The third kappa shape index (κ3) is 5.88. The van der Waals surface area contributed by atoms with E-state index in [4.69, 9.17) is 0 Å². The molecular formula is C25H23FN4OS. The SMILES string of the molecule is Cc1cc(F)cc(CSc2nc(=O)c(Cc3cncnc3)cn2CCc2ccccc2)c1. The van der Waals surface area contributed by atoms with Crippen molar-refractivity contribution in [1.82, 2.24) is 19.5 Å². The summed E-state index contributed by atoms with van der Waals surface area (Å²) in [4.78, 5) is 25.2. The summed E-state index contributed by atoms with van der Waals surface area (Å²) in [5, 5.41) is 0.626. The highest BCUT2D eigenvalue weighted by atomic mass is 32.2. The van der Waals surface area contributed by atoms with Gasteiger partial charge in [0, 0.05) is 42.9 Å². The quantitative estimate of drug-likeness (QED) is 0.292. The predicted molar refractivity (Wildman–Crippen MR) is 124 cm³/mol. The number of nitrogens with zero attached hydrogens (tertiary/aromatic N) is 4. The lowest BCUT2D eigenvalue weighted by Gasteiger charge is -2.14. The Balaban J connectivity index is 1.60. The highest BCUT2D eigenvalue weighted by Gasteiger charge is 2.12. The van der Waals surface area contributed by atoms with Crippen molar-refractivity contribution in [3.05, 3.63) is 117 Å². The minimum atomic E-state index is -0.261. The lowest BCUT2D eigenvalue weighted by atomic mass is 10.1. The van der Waals surface area contributed by atoms with Crippen LogP contribution in [0.4, 0.5) is 4.39 Å². The van der Waals surface area contributed by atoms with Gasteiger partial charge in [0.1, 0.15) is 12.1 Å². The van der Waals surface area contributed by atoms with Crippen molar-refractivity contribution < 1.29 is 4.39 Å². The molecule has 0 fully saturated rings. The summed E-state index contributed by atoms with van der Waals surface area (Å²) in [6, 6.07) is 15.2. The maximum Gasteiger partial charge on any atom is 0.277 e. The summed E-state index contributed by atoms with van der Waals surface area (Å²) < 4.78 is 15.8. The molecular weight excluding hydrogens is 423 g/mol.